The number of hydrogen-bond acceptors (Lipinski definition) is 5. The molecule has 0 saturated heterocycles. The predicted octanol–water partition coefficient (Wildman–Crippen LogP) is 4.91. The van der Waals surface area contributed by atoms with E-state index in [1.165, 1.54) is 6.42 Å². The van der Waals surface area contributed by atoms with Crippen molar-refractivity contribution in [3.05, 3.63) is 18.1 Å². The van der Waals surface area contributed by atoms with Crippen LogP contribution >= 0.6 is 0 Å². The van der Waals surface area contributed by atoms with E-state index >= 15 is 0 Å². The van der Waals surface area contributed by atoms with Gasteiger partial charge in [-0.05, 0) is 6.92 Å². The zero-order chi connectivity index (χ0) is 18.8. The Hall–Kier alpha value is -1.92. The Morgan fingerprint density at radius 2 is 1.48 bits per heavy atom. The molecule has 0 aliphatic carbocycles. The van der Waals surface area contributed by atoms with Gasteiger partial charge in [-0.3, -0.25) is 4.68 Å². The van der Waals surface area contributed by atoms with Crippen molar-refractivity contribution >= 4 is 14.2 Å². The van der Waals surface area contributed by atoms with Crippen LogP contribution in [0.1, 0.15) is 74.9 Å². The van der Waals surface area contributed by atoms with Gasteiger partial charge < -0.3 is 5.73 Å². The van der Waals surface area contributed by atoms with E-state index in [0.29, 0.717) is 17.2 Å². The number of nitrogens with zero attached hydrogens (tertiary/aromatic N) is 5. The van der Waals surface area contributed by atoms with Crippen LogP contribution < -0.4 is 5.73 Å². The van der Waals surface area contributed by atoms with Crippen LogP contribution in [0.2, 0.25) is 0 Å². The van der Waals surface area contributed by atoms with Crippen molar-refractivity contribution in [1.82, 2.24) is 25.0 Å². The standard InChI is InChI=1S/C8H10N6.C3H8.3C2H6.CH4.B/c1-5-3-10-8(9)7(11-5)6-4-14(2)13-12-6;1-3-2;3*1-2;;/h3-4H,1-2H3,(H2,9,10);3H2,1-2H3;3*1-2H3;1H4;. The second-order valence-corrected chi connectivity index (χ2v) is 3.73. The fourth-order valence-electron chi connectivity index (χ4n) is 1.13. The minimum Gasteiger partial charge on any atom is -0.382 e. The minimum absolute atomic E-state index is 0. The molecule has 25 heavy (non-hydrogen) atoms. The van der Waals surface area contributed by atoms with Crippen LogP contribution in [0.25, 0.3) is 11.4 Å². The molecule has 0 aliphatic rings. The highest BCUT2D eigenvalue weighted by atomic mass is 15.4. The van der Waals surface area contributed by atoms with Crippen LogP contribution in [0.3, 0.4) is 0 Å². The number of anilines is 1. The molecule has 7 heteroatoms. The first-order chi connectivity index (χ1) is 11.1. The first kappa shape index (κ1) is 34.4. The lowest BCUT2D eigenvalue weighted by Crippen LogP contribution is -1.98. The number of rotatable bonds is 1. The molecule has 2 N–H and O–H groups in total. The third-order valence-corrected chi connectivity index (χ3v) is 1.77. The van der Waals surface area contributed by atoms with Crippen LogP contribution in [0.5, 0.6) is 0 Å². The molecule has 2 heterocycles. The van der Waals surface area contributed by atoms with Crippen LogP contribution in [0.4, 0.5) is 5.82 Å². The zero-order valence-corrected chi connectivity index (χ0v) is 17.3. The Morgan fingerprint density at radius 1 is 1.04 bits per heavy atom. The smallest absolute Gasteiger partial charge is 0.151 e. The lowest BCUT2D eigenvalue weighted by Gasteiger charge is -2.00. The zero-order valence-electron chi connectivity index (χ0n) is 17.3. The molecule has 0 saturated carbocycles. The lowest BCUT2D eigenvalue weighted by molar-refractivity contribution is 0.715. The van der Waals surface area contributed by atoms with E-state index in [9.17, 15) is 0 Å². The monoisotopic (exact) mass is 351 g/mol. The van der Waals surface area contributed by atoms with Gasteiger partial charge in [-0.25, -0.2) is 9.97 Å². The average molecular weight is 351 g/mol. The van der Waals surface area contributed by atoms with E-state index in [4.69, 9.17) is 5.73 Å². The van der Waals surface area contributed by atoms with Crippen LogP contribution in [-0.2, 0) is 7.05 Å². The third kappa shape index (κ3) is 15.4. The molecular weight excluding hydrogens is 311 g/mol. The van der Waals surface area contributed by atoms with Crippen LogP contribution in [0, 0.1) is 6.92 Å². The second kappa shape index (κ2) is 24.3. The number of aromatic nitrogens is 5. The first-order valence-electron chi connectivity index (χ1n) is 8.54. The molecule has 2 aromatic rings. The summed E-state index contributed by atoms with van der Waals surface area (Å²) in [7, 11) is 1.79. The van der Waals surface area contributed by atoms with E-state index in [-0.39, 0.29) is 15.8 Å². The van der Waals surface area contributed by atoms with Gasteiger partial charge in [-0.2, -0.15) is 0 Å². The summed E-state index contributed by atoms with van der Waals surface area (Å²) in [6.45, 7) is 18.1. The Bertz CT molecular complexity index is 486. The Balaban J connectivity index is -0.000000106. The summed E-state index contributed by atoms with van der Waals surface area (Å²) in [5, 5.41) is 7.73. The fraction of sp³-hybridized carbons (Fsp3) is 0.667. The van der Waals surface area contributed by atoms with E-state index in [2.05, 4.69) is 34.1 Å². The summed E-state index contributed by atoms with van der Waals surface area (Å²) in [5.41, 5.74) is 7.71. The molecule has 0 aliphatic heterocycles. The van der Waals surface area contributed by atoms with Gasteiger partial charge in [0.15, 0.2) is 5.82 Å². The van der Waals surface area contributed by atoms with Crippen molar-refractivity contribution in [3.63, 3.8) is 0 Å². The Labute approximate surface area is 158 Å². The lowest BCUT2D eigenvalue weighted by atomic mass is 10.3. The van der Waals surface area contributed by atoms with Crippen molar-refractivity contribution in [2.75, 3.05) is 5.73 Å². The normalized spacial score (nSPS) is 7.28. The number of nitrogen functional groups attached to an aromatic ring is 1. The summed E-state index contributed by atoms with van der Waals surface area (Å²) in [4.78, 5) is 8.26. The molecule has 0 bridgehead atoms. The highest BCUT2D eigenvalue weighted by molar-refractivity contribution is 5.75. The average Bonchev–Trinajstić information content (AvgIpc) is 3.02. The molecule has 0 amide bonds. The summed E-state index contributed by atoms with van der Waals surface area (Å²) in [5.74, 6) is 0.371. The van der Waals surface area contributed by atoms with Gasteiger partial charge in [0.2, 0.25) is 0 Å². The predicted molar refractivity (Wildman–Crippen MR) is 114 cm³/mol. The van der Waals surface area contributed by atoms with Gasteiger partial charge in [-0.1, -0.05) is 74.5 Å². The molecule has 2 rings (SSSR count). The van der Waals surface area contributed by atoms with Gasteiger partial charge in [0.1, 0.15) is 11.4 Å². The van der Waals surface area contributed by atoms with Gasteiger partial charge >= 0.3 is 0 Å². The molecule has 6 nitrogen and oxygen atoms in total. The van der Waals surface area contributed by atoms with Crippen LogP contribution in [0.15, 0.2) is 12.4 Å². The fourth-order valence-corrected chi connectivity index (χ4v) is 1.13. The molecule has 2 aromatic heterocycles. The van der Waals surface area contributed by atoms with E-state index in [1.807, 2.05) is 48.5 Å². The van der Waals surface area contributed by atoms with Gasteiger partial charge in [0.25, 0.3) is 0 Å². The molecule has 0 aromatic carbocycles. The minimum atomic E-state index is 0. The highest BCUT2D eigenvalue weighted by Crippen LogP contribution is 2.18. The molecule has 0 unspecified atom stereocenters. The third-order valence-electron chi connectivity index (χ3n) is 1.77. The molecule has 0 spiro atoms. The van der Waals surface area contributed by atoms with Crippen molar-refractivity contribution < 1.29 is 0 Å². The maximum Gasteiger partial charge on any atom is 0.151 e. The van der Waals surface area contributed by atoms with Gasteiger partial charge in [0, 0.05) is 15.5 Å². The quantitative estimate of drug-likeness (QED) is 0.738. The number of hydrogen-bond donors (Lipinski definition) is 1. The van der Waals surface area contributed by atoms with Gasteiger partial charge in [-0.15, -0.1) is 5.10 Å². The topological polar surface area (TPSA) is 82.5 Å². The summed E-state index contributed by atoms with van der Waals surface area (Å²) >= 11 is 0. The van der Waals surface area contributed by atoms with Crippen molar-refractivity contribution in [3.8, 4) is 11.4 Å². The highest BCUT2D eigenvalue weighted by Gasteiger charge is 2.09. The van der Waals surface area contributed by atoms with Crippen molar-refractivity contribution in [2.45, 2.75) is 76.2 Å². The van der Waals surface area contributed by atoms with Crippen LogP contribution in [-0.4, -0.2) is 33.4 Å². The molecular formula is C18H40BN6. The maximum absolute atomic E-state index is 5.68. The first-order valence-corrected chi connectivity index (χ1v) is 8.54. The Kier molecular flexibility index (Phi) is 33.5. The molecule has 0 atom stereocenters. The summed E-state index contributed by atoms with van der Waals surface area (Å²) in [6.07, 6.45) is 4.62. The number of aryl methyl sites for hydroxylation is 2. The number of nitrogens with two attached hydrogens (primary N) is 1. The van der Waals surface area contributed by atoms with Crippen molar-refractivity contribution in [1.29, 1.82) is 0 Å². The van der Waals surface area contributed by atoms with E-state index < -0.39 is 0 Å². The molecule has 3 radical (unpaired) electrons. The molecule has 145 valence electrons. The van der Waals surface area contributed by atoms with Crippen molar-refractivity contribution in [2.24, 2.45) is 7.05 Å². The second-order valence-electron chi connectivity index (χ2n) is 3.73. The molecule has 0 fully saturated rings. The largest absolute Gasteiger partial charge is 0.382 e. The maximum atomic E-state index is 5.68. The summed E-state index contributed by atoms with van der Waals surface area (Å²) in [6, 6.07) is 0. The summed E-state index contributed by atoms with van der Waals surface area (Å²) < 4.78 is 1.60. The Morgan fingerprint density at radius 3 is 1.84 bits per heavy atom. The SMILES string of the molecule is C.CC.CC.CC.CCC.Cc1cnc(N)c(-c2cn(C)nn2)n1.[B]. The van der Waals surface area contributed by atoms with E-state index in [1.54, 1.807) is 24.1 Å². The van der Waals surface area contributed by atoms with E-state index in [0.717, 1.165) is 5.69 Å². The van der Waals surface area contributed by atoms with Gasteiger partial charge in [0.05, 0.1) is 18.1 Å².